The van der Waals surface area contributed by atoms with Gasteiger partial charge >= 0.3 is 24.8 Å². The Labute approximate surface area is 253 Å². The number of hydrogen-bond acceptors (Lipinski definition) is 6. The molecular weight excluding hydrogens is 542 g/mol. The zero-order chi connectivity index (χ0) is 27.9. The number of halogens is 1. The molecule has 4 aromatic rings. The molecule has 0 aliphatic heterocycles. The first kappa shape index (κ1) is 31.6. The molecule has 1 amide bonds. The molecule has 0 aliphatic rings. The minimum absolute atomic E-state index is 0. The van der Waals surface area contributed by atoms with E-state index in [0.29, 0.717) is 33.9 Å². The van der Waals surface area contributed by atoms with E-state index < -0.39 is 24.0 Å². The van der Waals surface area contributed by atoms with Crippen LogP contribution in [0.4, 0.5) is 4.39 Å². The summed E-state index contributed by atoms with van der Waals surface area (Å²) >= 11 is 2.93. The second-order valence-corrected chi connectivity index (χ2v) is 11.0. The van der Waals surface area contributed by atoms with Crippen molar-refractivity contribution in [3.63, 3.8) is 0 Å². The summed E-state index contributed by atoms with van der Waals surface area (Å²) in [7, 11) is 1.60. The fourth-order valence-corrected chi connectivity index (χ4v) is 5.82. The first-order valence-corrected chi connectivity index (χ1v) is 14.5. The number of thioether (sulfide) groups is 1. The number of carboxylic acids is 1. The third kappa shape index (κ3) is 7.42. The van der Waals surface area contributed by atoms with E-state index in [1.807, 2.05) is 49.6 Å². The standard InChI is InChI=1S/C30H29FN2O4S2.Li.H/c1-18-7-4-5-10-22(18)24-16-19(11-12-23(24)28(34)33-25(30(35)36)13-14-38-3)27(37-2)26-17-32-29(39-26)20-8-6-9-21(31)15-20;;/h4-12,15-17,25,27H,13-14H2,1-3H3,(H,33,34)(H,35,36);;. The molecule has 0 aliphatic carbocycles. The summed E-state index contributed by atoms with van der Waals surface area (Å²) in [4.78, 5) is 30.5. The molecular formula is C30H30FLiN2O4S2. The van der Waals surface area contributed by atoms with Crippen molar-refractivity contribution in [2.75, 3.05) is 19.1 Å². The molecule has 0 spiro atoms. The molecule has 0 radical (unpaired) electrons. The Morgan fingerprint density at radius 2 is 1.88 bits per heavy atom. The van der Waals surface area contributed by atoms with Crippen molar-refractivity contribution in [1.82, 2.24) is 10.3 Å². The van der Waals surface area contributed by atoms with Crippen LogP contribution in [0.2, 0.25) is 0 Å². The molecule has 1 heterocycles. The van der Waals surface area contributed by atoms with E-state index in [-0.39, 0.29) is 24.7 Å². The number of thiazole rings is 1. The monoisotopic (exact) mass is 572 g/mol. The second-order valence-electron chi connectivity index (χ2n) is 8.96. The molecule has 0 bridgehead atoms. The van der Waals surface area contributed by atoms with Crippen LogP contribution in [0.25, 0.3) is 21.7 Å². The summed E-state index contributed by atoms with van der Waals surface area (Å²) in [6.45, 7) is 1.96. The van der Waals surface area contributed by atoms with Crippen LogP contribution in [0, 0.1) is 12.7 Å². The second kappa shape index (κ2) is 14.6. The zero-order valence-electron chi connectivity index (χ0n) is 21.8. The Balaban J connectivity index is 0.00000441. The van der Waals surface area contributed by atoms with Crippen molar-refractivity contribution in [1.29, 1.82) is 0 Å². The number of ether oxygens (including phenoxy) is 1. The number of methoxy groups -OCH3 is 1. The topological polar surface area (TPSA) is 88.5 Å². The third-order valence-electron chi connectivity index (χ3n) is 6.33. The van der Waals surface area contributed by atoms with Crippen molar-refractivity contribution in [3.8, 4) is 21.7 Å². The van der Waals surface area contributed by atoms with Gasteiger partial charge in [0.15, 0.2) is 0 Å². The number of amides is 1. The first-order chi connectivity index (χ1) is 18.8. The van der Waals surface area contributed by atoms with Crippen LogP contribution in [0.1, 0.15) is 38.9 Å². The normalized spacial score (nSPS) is 12.3. The van der Waals surface area contributed by atoms with Crippen LogP contribution in [0.15, 0.2) is 72.9 Å². The number of carbonyl (C=O) groups excluding carboxylic acids is 1. The third-order valence-corrected chi connectivity index (χ3v) is 8.06. The molecule has 6 nitrogen and oxygen atoms in total. The maximum absolute atomic E-state index is 13.8. The van der Waals surface area contributed by atoms with Crippen LogP contribution in [-0.2, 0) is 9.53 Å². The Morgan fingerprint density at radius 3 is 2.55 bits per heavy atom. The van der Waals surface area contributed by atoms with Gasteiger partial charge in [-0.2, -0.15) is 11.8 Å². The molecule has 0 saturated heterocycles. The predicted molar refractivity (Wildman–Crippen MR) is 162 cm³/mol. The number of hydrogen-bond donors (Lipinski definition) is 2. The van der Waals surface area contributed by atoms with E-state index in [2.05, 4.69) is 10.3 Å². The van der Waals surface area contributed by atoms with Gasteiger partial charge in [-0.1, -0.05) is 42.5 Å². The van der Waals surface area contributed by atoms with Crippen molar-refractivity contribution in [2.24, 2.45) is 0 Å². The number of carbonyl (C=O) groups is 2. The summed E-state index contributed by atoms with van der Waals surface area (Å²) < 4.78 is 19.6. The summed E-state index contributed by atoms with van der Waals surface area (Å²) in [5.74, 6) is -1.23. The van der Waals surface area contributed by atoms with Crippen LogP contribution in [-0.4, -0.2) is 66.0 Å². The Morgan fingerprint density at radius 1 is 1.10 bits per heavy atom. The maximum atomic E-state index is 13.8. The summed E-state index contributed by atoms with van der Waals surface area (Å²) in [5, 5.41) is 13.0. The van der Waals surface area contributed by atoms with Gasteiger partial charge in [0.05, 0.1) is 4.88 Å². The van der Waals surface area contributed by atoms with Crippen molar-refractivity contribution in [3.05, 3.63) is 100 Å². The number of aromatic nitrogens is 1. The van der Waals surface area contributed by atoms with Gasteiger partial charge in [0.2, 0.25) is 0 Å². The Hall–Kier alpha value is -2.93. The molecule has 0 fully saturated rings. The van der Waals surface area contributed by atoms with Gasteiger partial charge in [0.1, 0.15) is 23.0 Å². The SMILES string of the molecule is COC(c1ccc(C(=O)NC(CCSC)C(=O)O)c(-c2ccccc2C)c1)c1cnc(-c2cccc(F)c2)s1.[LiH]. The van der Waals surface area contributed by atoms with Gasteiger partial charge in [-0.15, -0.1) is 11.3 Å². The van der Waals surface area contributed by atoms with Gasteiger partial charge in [-0.05, 0) is 71.9 Å². The molecule has 40 heavy (non-hydrogen) atoms. The van der Waals surface area contributed by atoms with Gasteiger partial charge in [0, 0.05) is 24.4 Å². The van der Waals surface area contributed by atoms with Crippen molar-refractivity contribution in [2.45, 2.75) is 25.5 Å². The molecule has 1 aromatic heterocycles. The average molecular weight is 573 g/mol. The van der Waals surface area contributed by atoms with E-state index in [9.17, 15) is 19.1 Å². The molecule has 4 rings (SSSR count). The molecule has 0 saturated carbocycles. The molecule has 2 atom stereocenters. The molecule has 2 N–H and O–H groups in total. The number of carboxylic acid groups (broad SMARTS) is 1. The quantitative estimate of drug-likeness (QED) is 0.216. The molecule has 10 heteroatoms. The number of benzene rings is 3. The Bertz CT molecular complexity index is 1480. The van der Waals surface area contributed by atoms with E-state index in [4.69, 9.17) is 4.74 Å². The number of rotatable bonds is 11. The number of nitrogens with one attached hydrogen (secondary N) is 1. The summed E-state index contributed by atoms with van der Waals surface area (Å²) in [6, 6.07) is 18.4. The van der Waals surface area contributed by atoms with Crippen molar-refractivity contribution >= 4 is 53.8 Å². The molecule has 3 aromatic carbocycles. The van der Waals surface area contributed by atoms with Crippen LogP contribution in [0.5, 0.6) is 0 Å². The first-order valence-electron chi connectivity index (χ1n) is 12.3. The minimum atomic E-state index is -1.06. The fraction of sp³-hybridized carbons (Fsp3) is 0.233. The van der Waals surface area contributed by atoms with Crippen LogP contribution < -0.4 is 5.32 Å². The van der Waals surface area contributed by atoms with Gasteiger partial charge in [-0.25, -0.2) is 14.2 Å². The van der Waals surface area contributed by atoms with E-state index in [1.165, 1.54) is 35.2 Å². The van der Waals surface area contributed by atoms with Crippen LogP contribution in [0.3, 0.4) is 0 Å². The summed E-state index contributed by atoms with van der Waals surface area (Å²) in [5.41, 5.74) is 4.38. The average Bonchev–Trinajstić information content (AvgIpc) is 3.41. The number of aryl methyl sites for hydroxylation is 1. The fourth-order valence-electron chi connectivity index (χ4n) is 4.33. The van der Waals surface area contributed by atoms with Gasteiger partial charge < -0.3 is 15.2 Å². The number of nitrogens with zero attached hydrogens (tertiary/aromatic N) is 1. The summed E-state index contributed by atoms with van der Waals surface area (Å²) in [6.07, 6.45) is 3.46. The van der Waals surface area contributed by atoms with Gasteiger partial charge in [0.25, 0.3) is 5.91 Å². The molecule has 2 unspecified atom stereocenters. The van der Waals surface area contributed by atoms with Crippen LogP contribution >= 0.6 is 23.1 Å². The Kier molecular flexibility index (Phi) is 11.6. The van der Waals surface area contributed by atoms with E-state index in [1.54, 1.807) is 31.5 Å². The number of aliphatic carboxylic acids is 1. The van der Waals surface area contributed by atoms with Crippen molar-refractivity contribution < 1.29 is 23.8 Å². The molecule has 204 valence electrons. The van der Waals surface area contributed by atoms with Gasteiger partial charge in [-0.3, -0.25) is 4.79 Å². The zero-order valence-corrected chi connectivity index (χ0v) is 23.4. The predicted octanol–water partition coefficient (Wildman–Crippen LogP) is 5.95. The van der Waals surface area contributed by atoms with E-state index in [0.717, 1.165) is 21.6 Å². The van der Waals surface area contributed by atoms with E-state index >= 15 is 0 Å².